The van der Waals surface area contributed by atoms with Gasteiger partial charge >= 0.3 is 12.3 Å². The fourth-order valence-corrected chi connectivity index (χ4v) is 1.70. The number of rotatable bonds is 3. The molecule has 1 N–H and O–H groups in total. The van der Waals surface area contributed by atoms with Gasteiger partial charge in [-0.2, -0.15) is 4.39 Å². The van der Waals surface area contributed by atoms with E-state index >= 15 is 0 Å². The van der Waals surface area contributed by atoms with Crippen LogP contribution in [-0.4, -0.2) is 17.4 Å². The van der Waals surface area contributed by atoms with Gasteiger partial charge in [-0.1, -0.05) is 47.6 Å². The Hall–Kier alpha value is -1.58. The number of carboxylic acids is 1. The summed E-state index contributed by atoms with van der Waals surface area (Å²) >= 11 is 0. The molecular weight excluding hydrogens is 259 g/mol. The number of halogens is 1. The minimum atomic E-state index is -2.35. The quantitative estimate of drug-likeness (QED) is 0.910. The van der Waals surface area contributed by atoms with E-state index in [1.165, 1.54) is 0 Å². The molecule has 3 nitrogen and oxygen atoms in total. The molecule has 112 valence electrons. The highest BCUT2D eigenvalue weighted by molar-refractivity contribution is 5.71. The second kappa shape index (κ2) is 5.43. The molecule has 20 heavy (non-hydrogen) atoms. The Kier molecular flexibility index (Phi) is 4.47. The molecule has 0 aliphatic heterocycles. The Labute approximate surface area is 119 Å². The van der Waals surface area contributed by atoms with E-state index in [9.17, 15) is 9.18 Å². The predicted molar refractivity (Wildman–Crippen MR) is 77.0 cm³/mol. The minimum Gasteiger partial charge on any atom is -0.476 e. The average molecular weight is 282 g/mol. The van der Waals surface area contributed by atoms with Crippen LogP contribution >= 0.6 is 0 Å². The van der Waals surface area contributed by atoms with Gasteiger partial charge in [-0.15, -0.1) is 0 Å². The first kappa shape index (κ1) is 16.5. The molecule has 1 aromatic carbocycles. The zero-order valence-electron chi connectivity index (χ0n) is 13.0. The van der Waals surface area contributed by atoms with Gasteiger partial charge in [0.2, 0.25) is 0 Å². The topological polar surface area (TPSA) is 46.5 Å². The van der Waals surface area contributed by atoms with E-state index in [-0.39, 0.29) is 16.6 Å². The third kappa shape index (κ3) is 4.22. The van der Waals surface area contributed by atoms with Gasteiger partial charge in [0, 0.05) is 0 Å². The summed E-state index contributed by atoms with van der Waals surface area (Å²) in [6, 6.07) is 5.45. The van der Waals surface area contributed by atoms with Crippen molar-refractivity contribution in [3.05, 3.63) is 29.3 Å². The van der Waals surface area contributed by atoms with Crippen molar-refractivity contribution >= 4 is 5.97 Å². The Morgan fingerprint density at radius 3 is 1.75 bits per heavy atom. The van der Waals surface area contributed by atoms with E-state index < -0.39 is 12.3 Å². The zero-order valence-corrected chi connectivity index (χ0v) is 13.0. The van der Waals surface area contributed by atoms with Gasteiger partial charge in [0.25, 0.3) is 0 Å². The SMILES string of the molecule is CC(C)(C)c1cc(OC(F)C(=O)O)cc(C(C)(C)C)c1. The van der Waals surface area contributed by atoms with Gasteiger partial charge < -0.3 is 9.84 Å². The maximum atomic E-state index is 13.2. The van der Waals surface area contributed by atoms with Crippen molar-refractivity contribution < 1.29 is 19.0 Å². The molecule has 0 aliphatic carbocycles. The molecule has 0 aromatic heterocycles. The first-order valence-corrected chi connectivity index (χ1v) is 6.61. The van der Waals surface area contributed by atoms with Gasteiger partial charge in [0.05, 0.1) is 0 Å². The van der Waals surface area contributed by atoms with Crippen LogP contribution in [0.1, 0.15) is 52.7 Å². The van der Waals surface area contributed by atoms with E-state index in [4.69, 9.17) is 9.84 Å². The Morgan fingerprint density at radius 1 is 1.05 bits per heavy atom. The largest absolute Gasteiger partial charge is 0.476 e. The van der Waals surface area contributed by atoms with Crippen molar-refractivity contribution in [2.45, 2.75) is 58.7 Å². The number of hydrogen-bond donors (Lipinski definition) is 1. The third-order valence-electron chi connectivity index (χ3n) is 3.07. The van der Waals surface area contributed by atoms with Crippen molar-refractivity contribution in [1.29, 1.82) is 0 Å². The van der Waals surface area contributed by atoms with Crippen LogP contribution in [-0.2, 0) is 15.6 Å². The van der Waals surface area contributed by atoms with Crippen LogP contribution in [0.25, 0.3) is 0 Å². The first-order valence-electron chi connectivity index (χ1n) is 6.61. The maximum Gasteiger partial charge on any atom is 0.378 e. The molecule has 0 heterocycles. The van der Waals surface area contributed by atoms with Crippen molar-refractivity contribution in [2.24, 2.45) is 0 Å². The van der Waals surface area contributed by atoms with Crippen molar-refractivity contribution in [1.82, 2.24) is 0 Å². The Bertz CT molecular complexity index is 463. The number of hydrogen-bond acceptors (Lipinski definition) is 2. The van der Waals surface area contributed by atoms with Gasteiger partial charge in [-0.05, 0) is 34.1 Å². The summed E-state index contributed by atoms with van der Waals surface area (Å²) in [5, 5.41) is 8.60. The van der Waals surface area contributed by atoms with E-state index in [0.29, 0.717) is 0 Å². The van der Waals surface area contributed by atoms with Crippen LogP contribution in [0.4, 0.5) is 4.39 Å². The Morgan fingerprint density at radius 2 is 1.45 bits per heavy atom. The fraction of sp³-hybridized carbons (Fsp3) is 0.562. The van der Waals surface area contributed by atoms with Gasteiger partial charge in [-0.25, -0.2) is 4.79 Å². The van der Waals surface area contributed by atoms with Crippen molar-refractivity contribution in [3.63, 3.8) is 0 Å². The second-order valence-electron chi connectivity index (χ2n) is 7.02. The van der Waals surface area contributed by atoms with Crippen LogP contribution in [0.2, 0.25) is 0 Å². The molecule has 4 heteroatoms. The minimum absolute atomic E-state index is 0.131. The molecule has 1 atom stereocenters. The molecule has 0 amide bonds. The molecule has 1 rings (SSSR count). The summed E-state index contributed by atoms with van der Waals surface area (Å²) in [5.74, 6) is -1.37. The standard InChI is InChI=1S/C16H23FO3/c1-15(2,3)10-7-11(16(4,5)6)9-12(8-10)20-13(17)14(18)19/h7-9,13H,1-6H3,(H,18,19). The number of carbonyl (C=O) groups is 1. The maximum absolute atomic E-state index is 13.2. The third-order valence-corrected chi connectivity index (χ3v) is 3.07. The summed E-state index contributed by atoms with van der Waals surface area (Å²) in [6.45, 7) is 12.3. The lowest BCUT2D eigenvalue weighted by molar-refractivity contribution is -0.153. The number of benzene rings is 1. The molecule has 0 radical (unpaired) electrons. The molecule has 0 saturated heterocycles. The van der Waals surface area contributed by atoms with E-state index in [1.54, 1.807) is 12.1 Å². The van der Waals surface area contributed by atoms with E-state index in [1.807, 2.05) is 41.5 Å². The highest BCUT2D eigenvalue weighted by Gasteiger charge is 2.23. The molecule has 1 aromatic rings. The van der Waals surface area contributed by atoms with Crippen LogP contribution in [0.15, 0.2) is 18.2 Å². The van der Waals surface area contributed by atoms with Crippen LogP contribution in [0.3, 0.4) is 0 Å². The average Bonchev–Trinajstić information content (AvgIpc) is 2.26. The number of alkyl halides is 1. The monoisotopic (exact) mass is 282 g/mol. The first-order chi connectivity index (χ1) is 8.91. The summed E-state index contributed by atoms with van der Waals surface area (Å²) in [7, 11) is 0. The second-order valence-corrected chi connectivity index (χ2v) is 7.02. The number of aliphatic carboxylic acids is 1. The van der Waals surface area contributed by atoms with Crippen LogP contribution in [0.5, 0.6) is 5.75 Å². The van der Waals surface area contributed by atoms with E-state index in [2.05, 4.69) is 6.07 Å². The number of ether oxygens (including phenoxy) is 1. The lowest BCUT2D eigenvalue weighted by atomic mass is 9.80. The molecule has 0 aliphatic rings. The lowest BCUT2D eigenvalue weighted by Gasteiger charge is -2.26. The van der Waals surface area contributed by atoms with Crippen molar-refractivity contribution in [2.75, 3.05) is 0 Å². The van der Waals surface area contributed by atoms with Crippen LogP contribution < -0.4 is 4.74 Å². The Balaban J connectivity index is 3.28. The van der Waals surface area contributed by atoms with E-state index in [0.717, 1.165) is 11.1 Å². The van der Waals surface area contributed by atoms with Crippen molar-refractivity contribution in [3.8, 4) is 5.75 Å². The smallest absolute Gasteiger partial charge is 0.378 e. The summed E-state index contributed by atoms with van der Waals surface area (Å²) in [5.41, 5.74) is 1.71. The van der Waals surface area contributed by atoms with Gasteiger partial charge in [-0.3, -0.25) is 0 Å². The highest BCUT2D eigenvalue weighted by atomic mass is 19.1. The normalized spacial score (nSPS) is 13.9. The van der Waals surface area contributed by atoms with Crippen LogP contribution in [0, 0.1) is 0 Å². The summed E-state index contributed by atoms with van der Waals surface area (Å²) in [6.07, 6.45) is -2.35. The van der Waals surface area contributed by atoms with Gasteiger partial charge in [0.1, 0.15) is 5.75 Å². The molecular formula is C16H23FO3. The summed E-state index contributed by atoms with van der Waals surface area (Å²) < 4.78 is 18.1. The molecule has 0 spiro atoms. The predicted octanol–water partition coefficient (Wildman–Crippen LogP) is 4.04. The molecule has 0 bridgehead atoms. The lowest BCUT2D eigenvalue weighted by Crippen LogP contribution is -2.22. The summed E-state index contributed by atoms with van der Waals surface area (Å²) in [4.78, 5) is 10.6. The highest BCUT2D eigenvalue weighted by Crippen LogP contribution is 2.33. The van der Waals surface area contributed by atoms with Gasteiger partial charge in [0.15, 0.2) is 0 Å². The molecule has 0 saturated carbocycles. The molecule has 0 fully saturated rings. The fourth-order valence-electron chi connectivity index (χ4n) is 1.70. The zero-order chi connectivity index (χ0) is 15.7. The number of carboxylic acid groups (broad SMARTS) is 1. The molecule has 1 unspecified atom stereocenters.